The molecule has 0 aromatic heterocycles. The number of nitrogens with zero attached hydrogens (tertiary/aromatic N) is 2. The minimum Gasteiger partial charge on any atom is -0.480 e. The number of hydrogen-bond acceptors (Lipinski definition) is 4. The van der Waals surface area contributed by atoms with Crippen molar-refractivity contribution in [1.82, 2.24) is 9.21 Å². The van der Waals surface area contributed by atoms with E-state index in [1.54, 1.807) is 6.92 Å². The number of rotatable bonds is 7. The lowest BCUT2D eigenvalue weighted by molar-refractivity contribution is -0.137. The fraction of sp³-hybridized carbons (Fsp3) is 0.800. The summed E-state index contributed by atoms with van der Waals surface area (Å²) in [6.45, 7) is 2.46. The number of sulfonamides is 1. The van der Waals surface area contributed by atoms with Gasteiger partial charge in [0.1, 0.15) is 6.54 Å². The zero-order valence-corrected chi connectivity index (χ0v) is 11.9. The molecule has 0 rings (SSSR count). The quantitative estimate of drug-likeness (QED) is 0.684. The maximum atomic E-state index is 12.1. The second-order valence-corrected chi connectivity index (χ2v) is 6.40. The fourth-order valence-electron chi connectivity index (χ4n) is 1.41. The molecule has 106 valence electrons. The van der Waals surface area contributed by atoms with Gasteiger partial charge in [-0.25, -0.2) is 8.42 Å². The van der Waals surface area contributed by atoms with E-state index in [4.69, 9.17) is 5.11 Å². The summed E-state index contributed by atoms with van der Waals surface area (Å²) in [6, 6.07) is 0. The predicted molar refractivity (Wildman–Crippen MR) is 66.6 cm³/mol. The number of carbonyl (C=O) groups excluding carboxylic acids is 1. The molecule has 0 fully saturated rings. The SMILES string of the molecule is CCCN(CC(=O)O)S(=O)(=O)C(C)C(=O)N(C)C. The first-order chi connectivity index (χ1) is 8.14. The van der Waals surface area contributed by atoms with E-state index < -0.39 is 33.7 Å². The number of carboxylic acids is 1. The molecule has 1 atom stereocenters. The maximum absolute atomic E-state index is 12.1. The topological polar surface area (TPSA) is 95.0 Å². The Kier molecular flexibility index (Phi) is 6.27. The first-order valence-electron chi connectivity index (χ1n) is 5.56. The number of carbonyl (C=O) groups is 2. The minimum absolute atomic E-state index is 0.0830. The summed E-state index contributed by atoms with van der Waals surface area (Å²) < 4.78 is 25.1. The molecule has 8 heteroatoms. The van der Waals surface area contributed by atoms with Crippen LogP contribution in [0.15, 0.2) is 0 Å². The molecule has 0 aromatic rings. The van der Waals surface area contributed by atoms with Crippen LogP contribution in [0, 0.1) is 0 Å². The van der Waals surface area contributed by atoms with E-state index >= 15 is 0 Å². The third-order valence-electron chi connectivity index (χ3n) is 2.38. The van der Waals surface area contributed by atoms with Crippen molar-refractivity contribution in [1.29, 1.82) is 0 Å². The van der Waals surface area contributed by atoms with E-state index in [-0.39, 0.29) is 6.54 Å². The van der Waals surface area contributed by atoms with Gasteiger partial charge in [-0.2, -0.15) is 4.31 Å². The molecule has 1 N–H and O–H groups in total. The van der Waals surface area contributed by atoms with Crippen LogP contribution in [0.3, 0.4) is 0 Å². The van der Waals surface area contributed by atoms with Crippen LogP contribution in [0.25, 0.3) is 0 Å². The smallest absolute Gasteiger partial charge is 0.318 e. The van der Waals surface area contributed by atoms with Gasteiger partial charge in [-0.3, -0.25) is 9.59 Å². The van der Waals surface area contributed by atoms with Crippen molar-refractivity contribution in [3.8, 4) is 0 Å². The summed E-state index contributed by atoms with van der Waals surface area (Å²) in [5, 5.41) is 7.42. The van der Waals surface area contributed by atoms with Gasteiger partial charge in [0.15, 0.2) is 5.25 Å². The lowest BCUT2D eigenvalue weighted by Crippen LogP contribution is -2.47. The average molecular weight is 280 g/mol. The molecule has 0 aromatic carbocycles. The number of carboxylic acid groups (broad SMARTS) is 1. The van der Waals surface area contributed by atoms with Gasteiger partial charge in [0.25, 0.3) is 0 Å². The first-order valence-corrected chi connectivity index (χ1v) is 7.06. The van der Waals surface area contributed by atoms with Gasteiger partial charge in [-0.15, -0.1) is 0 Å². The summed E-state index contributed by atoms with van der Waals surface area (Å²) in [5.74, 6) is -1.81. The summed E-state index contributed by atoms with van der Waals surface area (Å²) >= 11 is 0. The molecule has 0 saturated carbocycles. The van der Waals surface area contributed by atoms with E-state index in [2.05, 4.69) is 0 Å². The van der Waals surface area contributed by atoms with E-state index in [9.17, 15) is 18.0 Å². The van der Waals surface area contributed by atoms with E-state index in [1.165, 1.54) is 25.9 Å². The molecule has 1 unspecified atom stereocenters. The number of aliphatic carboxylic acids is 1. The molecule has 0 aliphatic carbocycles. The highest BCUT2D eigenvalue weighted by atomic mass is 32.2. The third-order valence-corrected chi connectivity index (χ3v) is 4.51. The fourth-order valence-corrected chi connectivity index (χ4v) is 3.05. The van der Waals surface area contributed by atoms with Crippen molar-refractivity contribution in [3.63, 3.8) is 0 Å². The molecule has 7 nitrogen and oxygen atoms in total. The maximum Gasteiger partial charge on any atom is 0.318 e. The van der Waals surface area contributed by atoms with Crippen molar-refractivity contribution in [2.75, 3.05) is 27.2 Å². The van der Waals surface area contributed by atoms with Gasteiger partial charge in [-0.05, 0) is 13.3 Å². The molecule has 1 amide bonds. The van der Waals surface area contributed by atoms with Gasteiger partial charge < -0.3 is 10.0 Å². The highest BCUT2D eigenvalue weighted by Gasteiger charge is 2.35. The molecule has 0 radical (unpaired) electrons. The first kappa shape index (κ1) is 16.9. The minimum atomic E-state index is -3.94. The predicted octanol–water partition coefficient (Wildman–Crippen LogP) is -0.410. The van der Waals surface area contributed by atoms with Crippen LogP contribution in [0.5, 0.6) is 0 Å². The molecule has 0 heterocycles. The third kappa shape index (κ3) is 4.26. The second kappa shape index (κ2) is 6.69. The Bertz CT molecular complexity index is 404. The molecule has 0 aliphatic heterocycles. The normalized spacial score (nSPS) is 13.4. The highest BCUT2D eigenvalue weighted by molar-refractivity contribution is 7.90. The molecule has 0 aliphatic rings. The van der Waals surface area contributed by atoms with Crippen molar-refractivity contribution >= 4 is 21.9 Å². The van der Waals surface area contributed by atoms with Crippen LogP contribution < -0.4 is 0 Å². The molecule has 0 bridgehead atoms. The van der Waals surface area contributed by atoms with Gasteiger partial charge in [0, 0.05) is 20.6 Å². The Morgan fingerprint density at radius 3 is 2.11 bits per heavy atom. The monoisotopic (exact) mass is 280 g/mol. The zero-order chi connectivity index (χ0) is 14.5. The van der Waals surface area contributed by atoms with Gasteiger partial charge >= 0.3 is 5.97 Å². The van der Waals surface area contributed by atoms with Gasteiger partial charge in [0.2, 0.25) is 15.9 Å². The second-order valence-electron chi connectivity index (χ2n) is 4.15. The van der Waals surface area contributed by atoms with Crippen LogP contribution >= 0.6 is 0 Å². The van der Waals surface area contributed by atoms with Crippen molar-refractivity contribution < 1.29 is 23.1 Å². The van der Waals surface area contributed by atoms with Gasteiger partial charge in [0.05, 0.1) is 0 Å². The number of amides is 1. The Balaban J connectivity index is 5.17. The standard InChI is InChI=1S/C10H20N2O5S/c1-5-6-12(7-9(13)14)18(16,17)8(2)10(15)11(3)4/h8H,5-7H2,1-4H3,(H,13,14). The van der Waals surface area contributed by atoms with Crippen molar-refractivity contribution in [2.24, 2.45) is 0 Å². The molecular formula is C10H20N2O5S. The lowest BCUT2D eigenvalue weighted by atomic mass is 10.4. The zero-order valence-electron chi connectivity index (χ0n) is 11.1. The Morgan fingerprint density at radius 1 is 1.28 bits per heavy atom. The summed E-state index contributed by atoms with van der Waals surface area (Å²) in [7, 11) is -1.03. The van der Waals surface area contributed by atoms with Crippen LogP contribution in [0.2, 0.25) is 0 Å². The Labute approximate surface area is 107 Å². The molecule has 0 spiro atoms. The van der Waals surface area contributed by atoms with E-state index in [1.807, 2.05) is 0 Å². The Morgan fingerprint density at radius 2 is 1.78 bits per heavy atom. The van der Waals surface area contributed by atoms with Crippen molar-refractivity contribution in [2.45, 2.75) is 25.5 Å². The van der Waals surface area contributed by atoms with E-state index in [0.29, 0.717) is 6.42 Å². The average Bonchev–Trinajstić information content (AvgIpc) is 2.25. The highest BCUT2D eigenvalue weighted by Crippen LogP contribution is 2.11. The van der Waals surface area contributed by atoms with Crippen LogP contribution in [0.4, 0.5) is 0 Å². The molecule has 0 saturated heterocycles. The molecular weight excluding hydrogens is 260 g/mol. The van der Waals surface area contributed by atoms with Crippen LogP contribution in [-0.4, -0.2) is 67.0 Å². The van der Waals surface area contributed by atoms with Crippen LogP contribution in [-0.2, 0) is 19.6 Å². The lowest BCUT2D eigenvalue weighted by Gasteiger charge is -2.25. The van der Waals surface area contributed by atoms with Crippen LogP contribution in [0.1, 0.15) is 20.3 Å². The Hall–Kier alpha value is -1.15. The van der Waals surface area contributed by atoms with E-state index in [0.717, 1.165) is 4.31 Å². The van der Waals surface area contributed by atoms with Crippen molar-refractivity contribution in [3.05, 3.63) is 0 Å². The van der Waals surface area contributed by atoms with Gasteiger partial charge in [-0.1, -0.05) is 6.92 Å². The largest absolute Gasteiger partial charge is 0.480 e. The number of hydrogen-bond donors (Lipinski definition) is 1. The summed E-state index contributed by atoms with van der Waals surface area (Å²) in [6.07, 6.45) is 0.482. The summed E-state index contributed by atoms with van der Waals surface area (Å²) in [5.41, 5.74) is 0. The molecule has 18 heavy (non-hydrogen) atoms. The summed E-state index contributed by atoms with van der Waals surface area (Å²) in [4.78, 5) is 23.5.